The number of nitrogens with zero attached hydrogens (tertiary/aromatic N) is 3. The fraction of sp³-hybridized carbons (Fsp3) is 0.500. The molecular formula is C18H25N5O. The van der Waals surface area contributed by atoms with E-state index in [9.17, 15) is 4.79 Å². The molecule has 1 aliphatic heterocycles. The maximum absolute atomic E-state index is 12.2. The van der Waals surface area contributed by atoms with Gasteiger partial charge in [-0.3, -0.25) is 14.8 Å². The molecule has 0 aliphatic carbocycles. The Morgan fingerprint density at radius 1 is 1.25 bits per heavy atom. The number of amides is 1. The second-order valence-electron chi connectivity index (χ2n) is 6.63. The van der Waals surface area contributed by atoms with Crippen LogP contribution in [0.15, 0.2) is 24.3 Å². The summed E-state index contributed by atoms with van der Waals surface area (Å²) >= 11 is 0. The zero-order chi connectivity index (χ0) is 16.9. The summed E-state index contributed by atoms with van der Waals surface area (Å²) in [5.41, 5.74) is 1.90. The van der Waals surface area contributed by atoms with Gasteiger partial charge < -0.3 is 5.32 Å². The number of rotatable bonds is 5. The van der Waals surface area contributed by atoms with Crippen molar-refractivity contribution in [3.05, 3.63) is 47.0 Å². The van der Waals surface area contributed by atoms with Crippen molar-refractivity contribution < 1.29 is 4.79 Å². The molecule has 1 fully saturated rings. The average molecular weight is 327 g/mol. The van der Waals surface area contributed by atoms with Gasteiger partial charge in [0.25, 0.3) is 5.91 Å². The van der Waals surface area contributed by atoms with Crippen molar-refractivity contribution in [2.45, 2.75) is 33.2 Å². The minimum absolute atomic E-state index is 0.0219. The molecule has 0 spiro atoms. The number of hydrogen-bond donors (Lipinski definition) is 2. The van der Waals surface area contributed by atoms with E-state index in [1.165, 1.54) is 5.56 Å². The lowest BCUT2D eigenvalue weighted by Crippen LogP contribution is -2.38. The first-order chi connectivity index (χ1) is 11.6. The minimum Gasteiger partial charge on any atom is -0.352 e. The summed E-state index contributed by atoms with van der Waals surface area (Å²) in [5, 5.41) is 10.1. The zero-order valence-corrected chi connectivity index (χ0v) is 14.4. The van der Waals surface area contributed by atoms with Gasteiger partial charge in [-0.05, 0) is 57.8 Å². The summed E-state index contributed by atoms with van der Waals surface area (Å²) in [6.07, 6.45) is 2.19. The lowest BCUT2D eigenvalue weighted by Gasteiger charge is -2.31. The highest BCUT2D eigenvalue weighted by Crippen LogP contribution is 2.17. The van der Waals surface area contributed by atoms with Crippen LogP contribution in [0.25, 0.3) is 0 Å². The number of H-pyrrole nitrogens is 1. The summed E-state index contributed by atoms with van der Waals surface area (Å²) in [4.78, 5) is 18.9. The minimum atomic E-state index is 0.0219. The fourth-order valence-corrected chi connectivity index (χ4v) is 3.05. The number of piperidine rings is 1. The van der Waals surface area contributed by atoms with Crippen molar-refractivity contribution in [2.75, 3.05) is 19.6 Å². The smallest absolute Gasteiger partial charge is 0.251 e. The van der Waals surface area contributed by atoms with Crippen LogP contribution in [-0.2, 0) is 6.54 Å². The number of aromatic nitrogens is 3. The van der Waals surface area contributed by atoms with Gasteiger partial charge in [-0.15, -0.1) is 0 Å². The van der Waals surface area contributed by atoms with Crippen LogP contribution in [0.5, 0.6) is 0 Å². The quantitative estimate of drug-likeness (QED) is 0.881. The van der Waals surface area contributed by atoms with Crippen LogP contribution >= 0.6 is 0 Å². The molecule has 1 amide bonds. The number of aromatic amines is 1. The molecule has 6 nitrogen and oxygen atoms in total. The Morgan fingerprint density at radius 3 is 2.58 bits per heavy atom. The monoisotopic (exact) mass is 327 g/mol. The molecule has 6 heteroatoms. The van der Waals surface area contributed by atoms with Crippen LogP contribution in [0.1, 0.15) is 40.4 Å². The molecule has 3 rings (SSSR count). The summed E-state index contributed by atoms with van der Waals surface area (Å²) in [6.45, 7) is 7.54. The second-order valence-corrected chi connectivity index (χ2v) is 6.63. The van der Waals surface area contributed by atoms with Crippen LogP contribution in [-0.4, -0.2) is 45.6 Å². The van der Waals surface area contributed by atoms with Crippen molar-refractivity contribution >= 4 is 5.91 Å². The molecule has 2 N–H and O–H groups in total. The lowest BCUT2D eigenvalue weighted by molar-refractivity contribution is 0.0935. The number of likely N-dealkylation sites (tertiary alicyclic amines) is 1. The van der Waals surface area contributed by atoms with Crippen molar-refractivity contribution in [1.29, 1.82) is 0 Å². The van der Waals surface area contributed by atoms with Gasteiger partial charge in [0.1, 0.15) is 5.82 Å². The first-order valence-electron chi connectivity index (χ1n) is 8.55. The molecule has 2 heterocycles. The van der Waals surface area contributed by atoms with Gasteiger partial charge in [0, 0.05) is 12.1 Å². The lowest BCUT2D eigenvalue weighted by atomic mass is 9.96. The molecule has 0 bridgehead atoms. The average Bonchev–Trinajstić information content (AvgIpc) is 2.99. The Hall–Kier alpha value is -2.21. The predicted molar refractivity (Wildman–Crippen MR) is 92.6 cm³/mol. The van der Waals surface area contributed by atoms with Crippen molar-refractivity contribution in [3.8, 4) is 0 Å². The standard InChI is InChI=1S/C18H25N5O/c1-13-3-5-16(6-4-13)18(24)19-11-15-7-9-23(10-8-15)12-17-20-14(2)21-22-17/h3-6,15H,7-12H2,1-2H3,(H,19,24)(H,20,21,22). The van der Waals surface area contributed by atoms with E-state index in [1.54, 1.807) is 0 Å². The molecule has 128 valence electrons. The van der Waals surface area contributed by atoms with Gasteiger partial charge in [-0.25, -0.2) is 4.98 Å². The van der Waals surface area contributed by atoms with Gasteiger partial charge in [-0.2, -0.15) is 5.10 Å². The number of hydrogen-bond acceptors (Lipinski definition) is 4. The molecule has 24 heavy (non-hydrogen) atoms. The van der Waals surface area contributed by atoms with E-state index in [0.717, 1.165) is 56.2 Å². The molecule has 0 saturated carbocycles. The maximum atomic E-state index is 12.2. The van der Waals surface area contributed by atoms with E-state index in [0.29, 0.717) is 5.92 Å². The third-order valence-electron chi connectivity index (χ3n) is 4.58. The van der Waals surface area contributed by atoms with Crippen LogP contribution < -0.4 is 5.32 Å². The van der Waals surface area contributed by atoms with E-state index in [-0.39, 0.29) is 5.91 Å². The number of carbonyl (C=O) groups excluding carboxylic acids is 1. The molecule has 2 aromatic rings. The van der Waals surface area contributed by atoms with E-state index < -0.39 is 0 Å². The van der Waals surface area contributed by atoms with E-state index in [1.807, 2.05) is 38.1 Å². The van der Waals surface area contributed by atoms with Gasteiger partial charge >= 0.3 is 0 Å². The molecule has 1 aliphatic rings. The van der Waals surface area contributed by atoms with Crippen molar-refractivity contribution in [2.24, 2.45) is 5.92 Å². The van der Waals surface area contributed by atoms with Gasteiger partial charge in [-0.1, -0.05) is 17.7 Å². The van der Waals surface area contributed by atoms with Crippen LogP contribution in [0, 0.1) is 19.8 Å². The highest BCUT2D eigenvalue weighted by Gasteiger charge is 2.20. The molecule has 1 aromatic carbocycles. The molecular weight excluding hydrogens is 302 g/mol. The molecule has 1 aromatic heterocycles. The van der Waals surface area contributed by atoms with E-state index >= 15 is 0 Å². The van der Waals surface area contributed by atoms with Crippen LogP contribution in [0.3, 0.4) is 0 Å². The maximum Gasteiger partial charge on any atom is 0.251 e. The normalized spacial score (nSPS) is 16.2. The Bertz CT molecular complexity index is 671. The van der Waals surface area contributed by atoms with E-state index in [4.69, 9.17) is 0 Å². The Kier molecular flexibility index (Phi) is 5.25. The van der Waals surface area contributed by atoms with Crippen LogP contribution in [0.4, 0.5) is 0 Å². The van der Waals surface area contributed by atoms with Crippen molar-refractivity contribution in [3.63, 3.8) is 0 Å². The Morgan fingerprint density at radius 2 is 1.96 bits per heavy atom. The highest BCUT2D eigenvalue weighted by molar-refractivity contribution is 5.94. The largest absolute Gasteiger partial charge is 0.352 e. The number of benzene rings is 1. The molecule has 1 saturated heterocycles. The van der Waals surface area contributed by atoms with Crippen LogP contribution in [0.2, 0.25) is 0 Å². The first-order valence-corrected chi connectivity index (χ1v) is 8.55. The van der Waals surface area contributed by atoms with Gasteiger partial charge in [0.2, 0.25) is 0 Å². The summed E-state index contributed by atoms with van der Waals surface area (Å²) in [7, 11) is 0. The van der Waals surface area contributed by atoms with Crippen molar-refractivity contribution in [1.82, 2.24) is 25.4 Å². The zero-order valence-electron chi connectivity index (χ0n) is 14.4. The predicted octanol–water partition coefficient (Wildman–Crippen LogP) is 2.06. The summed E-state index contributed by atoms with van der Waals surface area (Å²) in [5.74, 6) is 2.29. The highest BCUT2D eigenvalue weighted by atomic mass is 16.1. The fourth-order valence-electron chi connectivity index (χ4n) is 3.05. The summed E-state index contributed by atoms with van der Waals surface area (Å²) < 4.78 is 0. The van der Waals surface area contributed by atoms with E-state index in [2.05, 4.69) is 25.4 Å². The third-order valence-corrected chi connectivity index (χ3v) is 4.58. The SMILES string of the molecule is Cc1ccc(C(=O)NCC2CCN(Cc3n[nH]c(C)n3)CC2)cc1. The number of nitrogens with one attached hydrogen (secondary N) is 2. The van der Waals surface area contributed by atoms with Gasteiger partial charge in [0.05, 0.1) is 6.54 Å². The molecule has 0 radical (unpaired) electrons. The summed E-state index contributed by atoms with van der Waals surface area (Å²) in [6, 6.07) is 7.70. The first kappa shape index (κ1) is 16.6. The molecule has 0 unspecified atom stereocenters. The topological polar surface area (TPSA) is 73.9 Å². The Labute approximate surface area is 142 Å². The van der Waals surface area contributed by atoms with Gasteiger partial charge in [0.15, 0.2) is 5.82 Å². The second kappa shape index (κ2) is 7.57. The number of carbonyl (C=O) groups is 1. The Balaban J connectivity index is 1.40. The third kappa shape index (κ3) is 4.41. The molecule has 0 atom stereocenters. The number of aryl methyl sites for hydroxylation is 2.